The first-order valence-corrected chi connectivity index (χ1v) is 8.28. The third kappa shape index (κ3) is 2.85. The van der Waals surface area contributed by atoms with Crippen molar-refractivity contribution in [3.05, 3.63) is 76.5 Å². The fraction of sp³-hybridized carbons (Fsp3) is 0.118. The molecule has 0 aliphatic carbocycles. The van der Waals surface area contributed by atoms with Gasteiger partial charge in [0.05, 0.1) is 5.69 Å². The number of hydrogen-bond acceptors (Lipinski definition) is 4. The number of pyridine rings is 1. The zero-order valence-corrected chi connectivity index (χ0v) is 13.1. The Morgan fingerprint density at radius 3 is 2.96 bits per heavy atom. The van der Waals surface area contributed by atoms with Gasteiger partial charge in [-0.25, -0.2) is 9.67 Å². The molecule has 0 saturated heterocycles. The molecule has 0 amide bonds. The van der Waals surface area contributed by atoms with E-state index in [9.17, 15) is 4.79 Å². The van der Waals surface area contributed by atoms with Gasteiger partial charge in [0.2, 0.25) is 0 Å². The minimum absolute atomic E-state index is 0.0710. The van der Waals surface area contributed by atoms with Gasteiger partial charge in [-0.1, -0.05) is 18.2 Å². The normalized spacial score (nSPS) is 13.0. The molecule has 0 radical (unpaired) electrons. The molecule has 5 nitrogen and oxygen atoms in total. The lowest BCUT2D eigenvalue weighted by Gasteiger charge is -2.01. The van der Waals surface area contributed by atoms with Crippen molar-refractivity contribution in [2.45, 2.75) is 17.1 Å². The number of rotatable bonds is 3. The van der Waals surface area contributed by atoms with Crippen LogP contribution < -0.4 is 5.56 Å². The molecule has 1 aliphatic heterocycles. The van der Waals surface area contributed by atoms with Crippen LogP contribution in [0.1, 0.15) is 11.3 Å². The van der Waals surface area contributed by atoms with Gasteiger partial charge in [0, 0.05) is 41.2 Å². The molecule has 4 rings (SSSR count). The Hall–Kier alpha value is -2.60. The zero-order chi connectivity index (χ0) is 15.6. The predicted octanol–water partition coefficient (Wildman–Crippen LogP) is 3.00. The van der Waals surface area contributed by atoms with Gasteiger partial charge in [0.1, 0.15) is 5.84 Å². The van der Waals surface area contributed by atoms with E-state index in [1.165, 1.54) is 0 Å². The molecule has 1 aromatic carbocycles. The second kappa shape index (κ2) is 5.89. The first-order chi connectivity index (χ1) is 11.3. The van der Waals surface area contributed by atoms with Gasteiger partial charge in [-0.3, -0.25) is 14.9 Å². The van der Waals surface area contributed by atoms with Crippen LogP contribution in [-0.4, -0.2) is 20.6 Å². The number of aromatic nitrogens is 3. The fourth-order valence-corrected chi connectivity index (χ4v) is 3.33. The summed E-state index contributed by atoms with van der Waals surface area (Å²) in [6.45, 7) is 0. The van der Waals surface area contributed by atoms with Gasteiger partial charge >= 0.3 is 0 Å². The number of fused-ring (bicyclic) bond motifs is 1. The summed E-state index contributed by atoms with van der Waals surface area (Å²) in [6, 6.07) is 13.5. The maximum absolute atomic E-state index is 12.2. The summed E-state index contributed by atoms with van der Waals surface area (Å²) in [7, 11) is 0. The quantitative estimate of drug-likeness (QED) is 0.754. The molecule has 23 heavy (non-hydrogen) atoms. The minimum Gasteiger partial charge on any atom is -0.293 e. The van der Waals surface area contributed by atoms with E-state index in [0.717, 1.165) is 27.7 Å². The minimum atomic E-state index is -0.0710. The Kier molecular flexibility index (Phi) is 3.59. The number of aromatic amines is 1. The summed E-state index contributed by atoms with van der Waals surface area (Å²) >= 11 is 1.64. The van der Waals surface area contributed by atoms with Crippen molar-refractivity contribution in [3.63, 3.8) is 0 Å². The van der Waals surface area contributed by atoms with Crippen LogP contribution in [0.4, 0.5) is 5.69 Å². The van der Waals surface area contributed by atoms with Crippen LogP contribution in [0.3, 0.4) is 0 Å². The average Bonchev–Trinajstić information content (AvgIpc) is 3.17. The Morgan fingerprint density at radius 1 is 1.22 bits per heavy atom. The van der Waals surface area contributed by atoms with Crippen molar-refractivity contribution in [3.8, 4) is 0 Å². The molecule has 0 atom stereocenters. The Morgan fingerprint density at radius 2 is 2.13 bits per heavy atom. The van der Waals surface area contributed by atoms with Gasteiger partial charge in [0.25, 0.3) is 5.56 Å². The smallest absolute Gasteiger partial charge is 0.272 e. The molecule has 3 aromatic rings. The maximum atomic E-state index is 12.2. The van der Waals surface area contributed by atoms with Crippen LogP contribution >= 0.6 is 11.8 Å². The highest BCUT2D eigenvalue weighted by Gasteiger charge is 2.17. The number of thioether (sulfide) groups is 1. The van der Waals surface area contributed by atoms with E-state index >= 15 is 0 Å². The molecule has 0 saturated carbocycles. The Balaban J connectivity index is 1.54. The van der Waals surface area contributed by atoms with Crippen molar-refractivity contribution >= 4 is 23.3 Å². The summed E-state index contributed by atoms with van der Waals surface area (Å²) < 4.78 is 1.54. The van der Waals surface area contributed by atoms with Gasteiger partial charge in [-0.2, -0.15) is 0 Å². The van der Waals surface area contributed by atoms with Crippen LogP contribution in [0.25, 0.3) is 0 Å². The van der Waals surface area contributed by atoms with Crippen molar-refractivity contribution in [1.82, 2.24) is 14.8 Å². The number of H-pyrrole nitrogens is 1. The molecule has 0 unspecified atom stereocenters. The number of para-hydroxylation sites is 1. The van der Waals surface area contributed by atoms with Crippen molar-refractivity contribution in [1.29, 1.82) is 0 Å². The zero-order valence-electron chi connectivity index (χ0n) is 12.3. The van der Waals surface area contributed by atoms with Crippen molar-refractivity contribution in [2.24, 2.45) is 4.99 Å². The van der Waals surface area contributed by atoms with Crippen molar-refractivity contribution in [2.75, 3.05) is 0 Å². The topological polar surface area (TPSA) is 63.0 Å². The van der Waals surface area contributed by atoms with Gasteiger partial charge in [0.15, 0.2) is 0 Å². The summed E-state index contributed by atoms with van der Waals surface area (Å²) in [5, 5.41) is 3.16. The molecule has 114 valence electrons. The molecule has 3 heterocycles. The van der Waals surface area contributed by atoms with Crippen LogP contribution in [-0.2, 0) is 12.2 Å². The molecule has 0 bridgehead atoms. The lowest BCUT2D eigenvalue weighted by Crippen LogP contribution is -2.24. The third-order valence-electron chi connectivity index (χ3n) is 3.65. The molecule has 0 fully saturated rings. The molecular formula is C17H14N4OS. The second-order valence-electron chi connectivity index (χ2n) is 5.27. The van der Waals surface area contributed by atoms with E-state index in [1.54, 1.807) is 28.7 Å². The van der Waals surface area contributed by atoms with E-state index in [0.29, 0.717) is 12.2 Å². The number of aliphatic imine (C=N–C) groups is 1. The first-order valence-electron chi connectivity index (χ1n) is 7.29. The Bertz CT molecular complexity index is 927. The van der Waals surface area contributed by atoms with E-state index in [-0.39, 0.29) is 5.56 Å². The number of nitrogens with one attached hydrogen (secondary N) is 1. The largest absolute Gasteiger partial charge is 0.293 e. The molecule has 6 heteroatoms. The highest BCUT2D eigenvalue weighted by molar-refractivity contribution is 7.98. The van der Waals surface area contributed by atoms with E-state index in [1.807, 2.05) is 42.6 Å². The van der Waals surface area contributed by atoms with Gasteiger partial charge in [-0.15, -0.1) is 11.8 Å². The van der Waals surface area contributed by atoms with Gasteiger partial charge < -0.3 is 0 Å². The van der Waals surface area contributed by atoms with E-state index in [4.69, 9.17) is 0 Å². The van der Waals surface area contributed by atoms with Crippen LogP contribution in [0, 0.1) is 0 Å². The SMILES string of the molecule is O=c1cc(CSc2cccnc2)[nH]n1C1=Nc2ccccc2C1. The second-order valence-corrected chi connectivity index (χ2v) is 6.31. The lowest BCUT2D eigenvalue weighted by atomic mass is 10.1. The lowest BCUT2D eigenvalue weighted by molar-refractivity contribution is 0.868. The average molecular weight is 322 g/mol. The standard InChI is InChI=1S/C17H14N4OS/c22-17-9-13(11-23-14-5-3-7-18-10-14)20-21(17)16-8-12-4-1-2-6-15(12)19-16/h1-7,9-10,20H,8,11H2. The third-order valence-corrected chi connectivity index (χ3v) is 4.68. The number of benzene rings is 1. The van der Waals surface area contributed by atoms with Crippen LogP contribution in [0.5, 0.6) is 0 Å². The number of nitrogens with zero attached hydrogens (tertiary/aromatic N) is 3. The summed E-state index contributed by atoms with van der Waals surface area (Å²) in [6.07, 6.45) is 4.24. The maximum Gasteiger partial charge on any atom is 0.272 e. The Labute approximate surface area is 137 Å². The van der Waals surface area contributed by atoms with E-state index < -0.39 is 0 Å². The molecule has 1 aliphatic rings. The van der Waals surface area contributed by atoms with Crippen LogP contribution in [0.2, 0.25) is 0 Å². The van der Waals surface area contributed by atoms with Gasteiger partial charge in [-0.05, 0) is 23.8 Å². The van der Waals surface area contributed by atoms with Crippen LogP contribution in [0.15, 0.2) is 69.5 Å². The van der Waals surface area contributed by atoms with Crippen molar-refractivity contribution < 1.29 is 0 Å². The summed E-state index contributed by atoms with van der Waals surface area (Å²) in [5.41, 5.74) is 2.89. The summed E-state index contributed by atoms with van der Waals surface area (Å²) in [5.74, 6) is 1.43. The highest BCUT2D eigenvalue weighted by Crippen LogP contribution is 2.26. The highest BCUT2D eigenvalue weighted by atomic mass is 32.2. The molecule has 0 spiro atoms. The molecule has 2 aromatic heterocycles. The van der Waals surface area contributed by atoms with E-state index in [2.05, 4.69) is 15.1 Å². The first kappa shape index (κ1) is 14.0. The molecular weight excluding hydrogens is 308 g/mol. The summed E-state index contributed by atoms with van der Waals surface area (Å²) in [4.78, 5) is 21.9. The molecule has 1 N–H and O–H groups in total. The predicted molar refractivity (Wildman–Crippen MR) is 91.5 cm³/mol. The fourth-order valence-electron chi connectivity index (χ4n) is 2.55. The monoisotopic (exact) mass is 322 g/mol. The number of hydrogen-bond donors (Lipinski definition) is 1.